The Balaban J connectivity index is 1.63. The normalized spacial score (nSPS) is 15.0. The minimum atomic E-state index is -4.51. The first-order chi connectivity index (χ1) is 13.9. The number of halogens is 3. The molecule has 2 aromatic carbocycles. The van der Waals surface area contributed by atoms with Gasteiger partial charge in [0.2, 0.25) is 0 Å². The molecule has 1 aliphatic heterocycles. The first-order valence-corrected chi connectivity index (χ1v) is 9.01. The van der Waals surface area contributed by atoms with Crippen molar-refractivity contribution in [2.24, 2.45) is 0 Å². The van der Waals surface area contributed by atoms with Crippen molar-refractivity contribution in [3.8, 4) is 6.07 Å². The second-order valence-corrected chi connectivity index (χ2v) is 6.55. The second kappa shape index (κ2) is 8.69. The van der Waals surface area contributed by atoms with E-state index in [9.17, 15) is 23.2 Å². The molecule has 0 aromatic heterocycles. The lowest BCUT2D eigenvalue weighted by Crippen LogP contribution is -2.44. The molecule has 3 rings (SSSR count). The van der Waals surface area contributed by atoms with Gasteiger partial charge in [0, 0.05) is 43.8 Å². The highest BCUT2D eigenvalue weighted by Gasteiger charge is 2.30. The van der Waals surface area contributed by atoms with Gasteiger partial charge in [-0.15, -0.1) is 0 Å². The van der Waals surface area contributed by atoms with Crippen LogP contribution >= 0.6 is 0 Å². The lowest BCUT2D eigenvalue weighted by Gasteiger charge is -2.35. The zero-order valence-corrected chi connectivity index (χ0v) is 15.5. The van der Waals surface area contributed by atoms with E-state index in [1.54, 1.807) is 0 Å². The molecular weight excluding hydrogens is 381 g/mol. The quantitative estimate of drug-likeness (QED) is 0.625. The van der Waals surface area contributed by atoms with Crippen LogP contribution in [-0.4, -0.2) is 37.0 Å². The van der Waals surface area contributed by atoms with Crippen molar-refractivity contribution >= 4 is 17.3 Å². The SMILES string of the molecule is N#C/C(=C/N1CCN(c2ccccc2)CC1)C(=O)Nc1cccc(C(F)(F)F)c1. The lowest BCUT2D eigenvalue weighted by atomic mass is 10.2. The average molecular weight is 400 g/mol. The van der Waals surface area contributed by atoms with E-state index in [1.807, 2.05) is 41.3 Å². The van der Waals surface area contributed by atoms with Crippen LogP contribution in [0, 0.1) is 11.3 Å². The van der Waals surface area contributed by atoms with E-state index in [-0.39, 0.29) is 11.3 Å². The predicted octanol–water partition coefficient (Wildman–Crippen LogP) is 3.87. The molecule has 1 amide bonds. The zero-order valence-electron chi connectivity index (χ0n) is 15.5. The van der Waals surface area contributed by atoms with Gasteiger partial charge in [0.05, 0.1) is 5.56 Å². The smallest absolute Gasteiger partial charge is 0.373 e. The van der Waals surface area contributed by atoms with E-state index < -0.39 is 17.6 Å². The summed E-state index contributed by atoms with van der Waals surface area (Å²) >= 11 is 0. The van der Waals surface area contributed by atoms with E-state index in [0.29, 0.717) is 13.1 Å². The number of carbonyl (C=O) groups is 1. The number of nitriles is 1. The number of hydrogen-bond donors (Lipinski definition) is 1. The molecule has 150 valence electrons. The number of alkyl halides is 3. The molecule has 0 saturated carbocycles. The summed E-state index contributed by atoms with van der Waals surface area (Å²) in [6, 6.07) is 16.1. The topological polar surface area (TPSA) is 59.4 Å². The second-order valence-electron chi connectivity index (χ2n) is 6.55. The summed E-state index contributed by atoms with van der Waals surface area (Å²) in [5.41, 5.74) is 0.0733. The molecule has 0 bridgehead atoms. The molecule has 1 fully saturated rings. The molecule has 2 aromatic rings. The van der Waals surface area contributed by atoms with Crippen molar-refractivity contribution in [3.63, 3.8) is 0 Å². The minimum Gasteiger partial charge on any atom is -0.373 e. The van der Waals surface area contributed by atoms with Crippen LogP contribution < -0.4 is 10.2 Å². The van der Waals surface area contributed by atoms with Gasteiger partial charge in [0.15, 0.2) is 0 Å². The van der Waals surface area contributed by atoms with Gasteiger partial charge in [0.25, 0.3) is 5.91 Å². The summed E-state index contributed by atoms with van der Waals surface area (Å²) < 4.78 is 38.4. The van der Waals surface area contributed by atoms with Crippen LogP contribution in [0.2, 0.25) is 0 Å². The summed E-state index contributed by atoms with van der Waals surface area (Å²) in [6.07, 6.45) is -3.04. The summed E-state index contributed by atoms with van der Waals surface area (Å²) in [4.78, 5) is 16.4. The average Bonchev–Trinajstić information content (AvgIpc) is 2.72. The Morgan fingerprint density at radius 2 is 1.72 bits per heavy atom. The van der Waals surface area contributed by atoms with Crippen LogP contribution in [-0.2, 0) is 11.0 Å². The highest BCUT2D eigenvalue weighted by molar-refractivity contribution is 6.06. The number of para-hydroxylation sites is 1. The fourth-order valence-corrected chi connectivity index (χ4v) is 3.04. The number of anilines is 2. The lowest BCUT2D eigenvalue weighted by molar-refractivity contribution is -0.137. The van der Waals surface area contributed by atoms with E-state index >= 15 is 0 Å². The predicted molar refractivity (Wildman–Crippen MR) is 104 cm³/mol. The van der Waals surface area contributed by atoms with Gasteiger partial charge in [-0.2, -0.15) is 18.4 Å². The molecule has 1 heterocycles. The summed E-state index contributed by atoms with van der Waals surface area (Å²) in [5.74, 6) is -0.739. The Bertz CT molecular complexity index is 927. The number of benzene rings is 2. The summed E-state index contributed by atoms with van der Waals surface area (Å²) in [7, 11) is 0. The molecule has 1 aliphatic rings. The van der Waals surface area contributed by atoms with Gasteiger partial charge in [-0.3, -0.25) is 4.79 Å². The number of piperazine rings is 1. The molecule has 0 radical (unpaired) electrons. The largest absolute Gasteiger partial charge is 0.416 e. The van der Waals surface area contributed by atoms with Gasteiger partial charge in [-0.1, -0.05) is 24.3 Å². The number of hydrogen-bond acceptors (Lipinski definition) is 4. The highest BCUT2D eigenvalue weighted by Crippen LogP contribution is 2.30. The van der Waals surface area contributed by atoms with Crippen molar-refractivity contribution in [1.82, 2.24) is 4.90 Å². The van der Waals surface area contributed by atoms with Gasteiger partial charge in [0.1, 0.15) is 11.6 Å². The van der Waals surface area contributed by atoms with E-state index in [0.717, 1.165) is 30.9 Å². The molecule has 0 spiro atoms. The number of carbonyl (C=O) groups excluding carboxylic acids is 1. The van der Waals surface area contributed by atoms with Crippen molar-refractivity contribution in [1.29, 1.82) is 5.26 Å². The third kappa shape index (κ3) is 5.29. The van der Waals surface area contributed by atoms with E-state index in [2.05, 4.69) is 10.2 Å². The van der Waals surface area contributed by atoms with Crippen LogP contribution in [0.4, 0.5) is 24.5 Å². The third-order valence-electron chi connectivity index (χ3n) is 4.56. The molecular formula is C21H19F3N4O. The fraction of sp³-hybridized carbons (Fsp3) is 0.238. The van der Waals surface area contributed by atoms with E-state index in [4.69, 9.17) is 0 Å². The van der Waals surface area contributed by atoms with Gasteiger partial charge in [-0.05, 0) is 30.3 Å². The minimum absolute atomic E-state index is 0.0140. The maximum absolute atomic E-state index is 12.8. The van der Waals surface area contributed by atoms with Gasteiger partial charge in [-0.25, -0.2) is 0 Å². The van der Waals surface area contributed by atoms with Crippen LogP contribution in [0.15, 0.2) is 66.4 Å². The van der Waals surface area contributed by atoms with Crippen molar-refractivity contribution in [2.75, 3.05) is 36.4 Å². The molecule has 5 nitrogen and oxygen atoms in total. The Labute approximate surface area is 166 Å². The van der Waals surface area contributed by atoms with Crippen molar-refractivity contribution in [3.05, 3.63) is 71.9 Å². The van der Waals surface area contributed by atoms with E-state index in [1.165, 1.54) is 18.3 Å². The number of rotatable bonds is 4. The third-order valence-corrected chi connectivity index (χ3v) is 4.56. The van der Waals surface area contributed by atoms with Gasteiger partial charge >= 0.3 is 6.18 Å². The molecule has 1 N–H and O–H groups in total. The molecule has 8 heteroatoms. The van der Waals surface area contributed by atoms with Gasteiger partial charge < -0.3 is 15.1 Å². The monoisotopic (exact) mass is 400 g/mol. The van der Waals surface area contributed by atoms with Crippen LogP contribution in [0.1, 0.15) is 5.56 Å². The highest BCUT2D eigenvalue weighted by atomic mass is 19.4. The number of nitrogens with zero attached hydrogens (tertiary/aromatic N) is 3. The molecule has 29 heavy (non-hydrogen) atoms. The molecule has 0 aliphatic carbocycles. The Hall–Kier alpha value is -3.47. The van der Waals surface area contributed by atoms with Crippen LogP contribution in [0.5, 0.6) is 0 Å². The Morgan fingerprint density at radius 1 is 1.03 bits per heavy atom. The van der Waals surface area contributed by atoms with Crippen LogP contribution in [0.25, 0.3) is 0 Å². The molecule has 0 unspecified atom stereocenters. The summed E-state index contributed by atoms with van der Waals surface area (Å²) in [5, 5.41) is 11.7. The van der Waals surface area contributed by atoms with Crippen molar-refractivity contribution in [2.45, 2.75) is 6.18 Å². The first kappa shape index (κ1) is 20.3. The number of nitrogens with one attached hydrogen (secondary N) is 1. The standard InChI is InChI=1S/C21H19F3N4O/c22-21(23,24)17-5-4-6-18(13-17)26-20(29)16(14-25)15-27-9-11-28(12-10-27)19-7-2-1-3-8-19/h1-8,13,15H,9-12H2,(H,26,29)/b16-15-. The Morgan fingerprint density at radius 3 is 2.34 bits per heavy atom. The molecule has 1 saturated heterocycles. The molecule has 0 atom stereocenters. The number of amides is 1. The summed E-state index contributed by atoms with van der Waals surface area (Å²) in [6.45, 7) is 2.71. The van der Waals surface area contributed by atoms with Crippen LogP contribution in [0.3, 0.4) is 0 Å². The maximum atomic E-state index is 12.8. The van der Waals surface area contributed by atoms with Crippen molar-refractivity contribution < 1.29 is 18.0 Å². The maximum Gasteiger partial charge on any atom is 0.416 e. The zero-order chi connectivity index (χ0) is 20.9. The fourth-order valence-electron chi connectivity index (χ4n) is 3.04. The first-order valence-electron chi connectivity index (χ1n) is 9.01. The Kier molecular flexibility index (Phi) is 6.07.